The van der Waals surface area contributed by atoms with Crippen molar-refractivity contribution in [3.8, 4) is 11.8 Å². The lowest BCUT2D eigenvalue weighted by atomic mass is 10.0. The fraction of sp³-hybridized carbons (Fsp3) is 0.600. The van der Waals surface area contributed by atoms with Crippen LogP contribution in [0, 0.1) is 29.0 Å². The van der Waals surface area contributed by atoms with Gasteiger partial charge in [0.15, 0.2) is 0 Å². The molecule has 0 unspecified atom stereocenters. The Labute approximate surface area is 159 Å². The van der Waals surface area contributed by atoms with E-state index in [1.807, 2.05) is 26.8 Å². The summed E-state index contributed by atoms with van der Waals surface area (Å²) in [7, 11) is 1.44. The van der Waals surface area contributed by atoms with Gasteiger partial charge in [0.25, 0.3) is 0 Å². The zero-order chi connectivity index (χ0) is 19.8. The summed E-state index contributed by atoms with van der Waals surface area (Å²) in [5.74, 6) is 0.524. The molecule has 3 rings (SSSR count). The standard InChI is InChI=1S/C20H26FN3O3/c1-20(2,3)27-19(25)24-11-14-9-23(10-15(14)12-24)8-13-5-17(21)16(7-22)18(6-13)26-4/h5-6,14-15H,8-12H2,1-4H3/t14-,15+. The second kappa shape index (κ2) is 7.35. The highest BCUT2D eigenvalue weighted by Gasteiger charge is 2.42. The number of carbonyl (C=O) groups excluding carboxylic acids is 1. The number of hydrogen-bond acceptors (Lipinski definition) is 5. The van der Waals surface area contributed by atoms with Gasteiger partial charge in [0.1, 0.15) is 28.8 Å². The monoisotopic (exact) mass is 375 g/mol. The number of fused-ring (bicyclic) bond motifs is 1. The lowest BCUT2D eigenvalue weighted by Crippen LogP contribution is -2.37. The van der Waals surface area contributed by atoms with Gasteiger partial charge in [-0.15, -0.1) is 0 Å². The van der Waals surface area contributed by atoms with Crippen LogP contribution in [0.1, 0.15) is 31.9 Å². The molecule has 27 heavy (non-hydrogen) atoms. The van der Waals surface area contributed by atoms with Crippen LogP contribution in [0.3, 0.4) is 0 Å². The molecule has 7 heteroatoms. The van der Waals surface area contributed by atoms with Crippen molar-refractivity contribution in [2.45, 2.75) is 32.9 Å². The van der Waals surface area contributed by atoms with E-state index in [0.29, 0.717) is 31.5 Å². The average molecular weight is 375 g/mol. The lowest BCUT2D eigenvalue weighted by molar-refractivity contribution is 0.0274. The normalized spacial score (nSPS) is 22.4. The molecule has 1 aromatic carbocycles. The van der Waals surface area contributed by atoms with Gasteiger partial charge in [0, 0.05) is 32.7 Å². The van der Waals surface area contributed by atoms with Crippen molar-refractivity contribution >= 4 is 6.09 Å². The highest BCUT2D eigenvalue weighted by Crippen LogP contribution is 2.33. The molecule has 0 aliphatic carbocycles. The fourth-order valence-corrected chi connectivity index (χ4v) is 3.95. The molecule has 2 heterocycles. The Morgan fingerprint density at radius 3 is 2.41 bits per heavy atom. The Balaban J connectivity index is 1.59. The number of amides is 1. The summed E-state index contributed by atoms with van der Waals surface area (Å²) in [6.45, 7) is 9.31. The van der Waals surface area contributed by atoms with Crippen molar-refractivity contribution in [2.75, 3.05) is 33.3 Å². The number of halogens is 1. The molecule has 1 aromatic rings. The first-order valence-electron chi connectivity index (χ1n) is 9.17. The molecule has 0 spiro atoms. The van der Waals surface area contributed by atoms with Gasteiger partial charge in [0.05, 0.1) is 7.11 Å². The summed E-state index contributed by atoms with van der Waals surface area (Å²) in [6.07, 6.45) is -0.248. The number of rotatable bonds is 3. The van der Waals surface area contributed by atoms with Crippen LogP contribution in [-0.2, 0) is 11.3 Å². The molecule has 0 aromatic heterocycles. The quantitative estimate of drug-likeness (QED) is 0.813. The Hall–Kier alpha value is -2.33. The summed E-state index contributed by atoms with van der Waals surface area (Å²) in [5.41, 5.74) is 0.236. The van der Waals surface area contributed by atoms with Crippen molar-refractivity contribution in [3.63, 3.8) is 0 Å². The van der Waals surface area contributed by atoms with E-state index in [1.165, 1.54) is 13.2 Å². The molecule has 6 nitrogen and oxygen atoms in total. The van der Waals surface area contributed by atoms with Crippen LogP contribution in [0.5, 0.6) is 5.75 Å². The van der Waals surface area contributed by atoms with E-state index in [1.54, 1.807) is 11.0 Å². The predicted octanol–water partition coefficient (Wildman–Crippen LogP) is 3.00. The van der Waals surface area contributed by atoms with E-state index in [2.05, 4.69) is 4.90 Å². The average Bonchev–Trinajstić information content (AvgIpc) is 3.11. The highest BCUT2D eigenvalue weighted by molar-refractivity contribution is 5.68. The molecule has 0 radical (unpaired) electrons. The van der Waals surface area contributed by atoms with E-state index in [9.17, 15) is 9.18 Å². The maximum absolute atomic E-state index is 14.1. The third kappa shape index (κ3) is 4.33. The van der Waals surface area contributed by atoms with E-state index in [4.69, 9.17) is 14.7 Å². The molecule has 2 atom stereocenters. The van der Waals surface area contributed by atoms with Gasteiger partial charge in [-0.25, -0.2) is 9.18 Å². The van der Waals surface area contributed by atoms with E-state index in [0.717, 1.165) is 18.7 Å². The predicted molar refractivity (Wildman–Crippen MR) is 97.7 cm³/mol. The SMILES string of the molecule is COc1cc(CN2C[C@@H]3CN(C(=O)OC(C)(C)C)C[C@@H]3C2)cc(F)c1C#N. The molecule has 146 valence electrons. The Morgan fingerprint density at radius 2 is 1.89 bits per heavy atom. The van der Waals surface area contributed by atoms with Crippen LogP contribution in [-0.4, -0.2) is 54.8 Å². The Morgan fingerprint density at radius 1 is 1.26 bits per heavy atom. The van der Waals surface area contributed by atoms with Crippen LogP contribution in [0.15, 0.2) is 12.1 Å². The highest BCUT2D eigenvalue weighted by atomic mass is 19.1. The number of ether oxygens (including phenoxy) is 2. The largest absolute Gasteiger partial charge is 0.495 e. The van der Waals surface area contributed by atoms with Crippen molar-refractivity contribution in [1.29, 1.82) is 5.26 Å². The van der Waals surface area contributed by atoms with Gasteiger partial charge in [-0.1, -0.05) is 0 Å². The van der Waals surface area contributed by atoms with Crippen LogP contribution in [0.2, 0.25) is 0 Å². The third-order valence-corrected chi connectivity index (χ3v) is 5.07. The first-order chi connectivity index (χ1) is 12.7. The van der Waals surface area contributed by atoms with Gasteiger partial charge < -0.3 is 14.4 Å². The van der Waals surface area contributed by atoms with Crippen molar-refractivity contribution in [3.05, 3.63) is 29.1 Å². The smallest absolute Gasteiger partial charge is 0.410 e. The van der Waals surface area contributed by atoms with Crippen LogP contribution >= 0.6 is 0 Å². The second-order valence-corrected chi connectivity index (χ2v) is 8.37. The number of nitriles is 1. The minimum atomic E-state index is -0.553. The number of likely N-dealkylation sites (tertiary alicyclic amines) is 2. The van der Waals surface area contributed by atoms with Crippen molar-refractivity contribution < 1.29 is 18.7 Å². The number of hydrogen-bond donors (Lipinski definition) is 0. The molecule has 2 aliphatic heterocycles. The topological polar surface area (TPSA) is 65.8 Å². The van der Waals surface area contributed by atoms with Crippen LogP contribution in [0.4, 0.5) is 9.18 Å². The molecule has 2 aliphatic rings. The minimum absolute atomic E-state index is 0.0625. The van der Waals surface area contributed by atoms with Crippen LogP contribution < -0.4 is 4.74 Å². The summed E-state index contributed by atoms with van der Waals surface area (Å²) in [4.78, 5) is 16.3. The molecule has 2 fully saturated rings. The first-order valence-corrected chi connectivity index (χ1v) is 9.17. The first kappa shape index (κ1) is 19.4. The van der Waals surface area contributed by atoms with Gasteiger partial charge in [-0.3, -0.25) is 4.90 Å². The van der Waals surface area contributed by atoms with Crippen molar-refractivity contribution in [1.82, 2.24) is 9.80 Å². The molecule has 0 N–H and O–H groups in total. The zero-order valence-electron chi connectivity index (χ0n) is 16.3. The number of nitrogens with zero attached hydrogens (tertiary/aromatic N) is 3. The van der Waals surface area contributed by atoms with Gasteiger partial charge in [0.2, 0.25) is 0 Å². The van der Waals surface area contributed by atoms with E-state index in [-0.39, 0.29) is 17.4 Å². The molecule has 2 saturated heterocycles. The van der Waals surface area contributed by atoms with Gasteiger partial charge in [-0.05, 0) is 50.3 Å². The Kier molecular flexibility index (Phi) is 5.29. The molecular weight excluding hydrogens is 349 g/mol. The van der Waals surface area contributed by atoms with Crippen LogP contribution in [0.25, 0.3) is 0 Å². The fourth-order valence-electron chi connectivity index (χ4n) is 3.95. The lowest BCUT2D eigenvalue weighted by Gasteiger charge is -2.26. The third-order valence-electron chi connectivity index (χ3n) is 5.07. The van der Waals surface area contributed by atoms with E-state index >= 15 is 0 Å². The number of methoxy groups -OCH3 is 1. The Bertz CT molecular complexity index is 755. The van der Waals surface area contributed by atoms with Gasteiger partial charge in [-0.2, -0.15) is 5.26 Å². The van der Waals surface area contributed by atoms with Gasteiger partial charge >= 0.3 is 6.09 Å². The summed E-state index contributed by atoms with van der Waals surface area (Å²) in [6, 6.07) is 4.97. The maximum atomic E-state index is 14.1. The molecule has 0 bridgehead atoms. The van der Waals surface area contributed by atoms with Crippen molar-refractivity contribution in [2.24, 2.45) is 11.8 Å². The second-order valence-electron chi connectivity index (χ2n) is 8.37. The number of benzene rings is 1. The number of carbonyl (C=O) groups is 1. The van der Waals surface area contributed by atoms with E-state index < -0.39 is 11.4 Å². The minimum Gasteiger partial charge on any atom is -0.495 e. The zero-order valence-corrected chi connectivity index (χ0v) is 16.3. The summed E-state index contributed by atoms with van der Waals surface area (Å²) < 4.78 is 24.7. The summed E-state index contributed by atoms with van der Waals surface area (Å²) in [5, 5.41) is 9.03. The molecular formula is C20H26FN3O3. The molecule has 0 saturated carbocycles. The molecule has 1 amide bonds. The maximum Gasteiger partial charge on any atom is 0.410 e. The summed E-state index contributed by atoms with van der Waals surface area (Å²) >= 11 is 0.